The van der Waals surface area contributed by atoms with Gasteiger partial charge >= 0.3 is 5.97 Å². The molecule has 0 aliphatic carbocycles. The van der Waals surface area contributed by atoms with Gasteiger partial charge in [0, 0.05) is 0 Å². The molecular weight excluding hydrogens is 244 g/mol. The summed E-state index contributed by atoms with van der Waals surface area (Å²) >= 11 is 0. The monoisotopic (exact) mass is 266 g/mol. The van der Waals surface area contributed by atoms with Crippen molar-refractivity contribution in [1.29, 1.82) is 0 Å². The van der Waals surface area contributed by atoms with Crippen molar-refractivity contribution < 1.29 is 19.7 Å². The maximum atomic E-state index is 11.6. The fraction of sp³-hybridized carbons (Fsp3) is 0.533. The number of aliphatic hydroxyl groups is 2. The molecule has 0 saturated carbocycles. The molecule has 19 heavy (non-hydrogen) atoms. The summed E-state index contributed by atoms with van der Waals surface area (Å²) in [5, 5.41) is 19.3. The van der Waals surface area contributed by atoms with Gasteiger partial charge in [-0.25, -0.2) is 4.79 Å². The fourth-order valence-corrected chi connectivity index (χ4v) is 1.82. The third kappa shape index (κ3) is 5.85. The summed E-state index contributed by atoms with van der Waals surface area (Å²) in [6, 6.07) is 8.68. The number of esters is 1. The molecule has 0 bridgehead atoms. The van der Waals surface area contributed by atoms with Gasteiger partial charge in [0.1, 0.15) is 0 Å². The van der Waals surface area contributed by atoms with Gasteiger partial charge < -0.3 is 14.9 Å². The van der Waals surface area contributed by atoms with Gasteiger partial charge in [-0.05, 0) is 24.8 Å². The van der Waals surface area contributed by atoms with Crippen LogP contribution in [0, 0.1) is 0 Å². The number of rotatable bonds is 8. The van der Waals surface area contributed by atoms with E-state index in [1.54, 1.807) is 24.3 Å². The smallest absolute Gasteiger partial charge is 0.339 e. The summed E-state index contributed by atoms with van der Waals surface area (Å²) in [5.41, 5.74) is 0.526. The van der Waals surface area contributed by atoms with Gasteiger partial charge in [0.25, 0.3) is 0 Å². The molecule has 0 fully saturated rings. The molecular formula is C15H22O4. The van der Waals surface area contributed by atoms with E-state index in [-0.39, 0.29) is 12.7 Å². The first-order valence-electron chi connectivity index (χ1n) is 6.72. The Morgan fingerprint density at radius 1 is 1.21 bits per heavy atom. The Hall–Kier alpha value is -1.39. The van der Waals surface area contributed by atoms with Gasteiger partial charge in [0.15, 0.2) is 6.10 Å². The molecule has 1 rings (SSSR count). The van der Waals surface area contributed by atoms with Crippen LogP contribution >= 0.6 is 0 Å². The van der Waals surface area contributed by atoms with Gasteiger partial charge in [0.05, 0.1) is 12.7 Å². The summed E-state index contributed by atoms with van der Waals surface area (Å²) in [4.78, 5) is 11.6. The van der Waals surface area contributed by atoms with Crippen LogP contribution in [0.4, 0.5) is 0 Å². The van der Waals surface area contributed by atoms with Crippen molar-refractivity contribution in [3.05, 3.63) is 35.9 Å². The van der Waals surface area contributed by atoms with E-state index in [0.29, 0.717) is 18.4 Å². The van der Waals surface area contributed by atoms with Gasteiger partial charge in [-0.1, -0.05) is 43.7 Å². The number of hydrogen-bond donors (Lipinski definition) is 2. The fourth-order valence-electron chi connectivity index (χ4n) is 1.82. The molecule has 0 amide bonds. The highest BCUT2D eigenvalue weighted by molar-refractivity contribution is 5.76. The molecule has 1 aromatic rings. The number of benzene rings is 1. The van der Waals surface area contributed by atoms with E-state index in [1.807, 2.05) is 13.0 Å². The molecule has 2 N–H and O–H groups in total. The van der Waals surface area contributed by atoms with Crippen LogP contribution in [-0.2, 0) is 9.53 Å². The van der Waals surface area contributed by atoms with Gasteiger partial charge in [-0.3, -0.25) is 0 Å². The Morgan fingerprint density at radius 2 is 1.89 bits per heavy atom. The Bertz CT molecular complexity index is 364. The molecule has 1 aromatic carbocycles. The van der Waals surface area contributed by atoms with Crippen LogP contribution in [-0.4, -0.2) is 28.9 Å². The lowest BCUT2D eigenvalue weighted by Gasteiger charge is -2.12. The normalized spacial score (nSPS) is 13.8. The van der Waals surface area contributed by atoms with E-state index >= 15 is 0 Å². The van der Waals surface area contributed by atoms with Crippen LogP contribution in [0.25, 0.3) is 0 Å². The zero-order valence-electron chi connectivity index (χ0n) is 11.3. The van der Waals surface area contributed by atoms with Crippen LogP contribution in [0.5, 0.6) is 0 Å². The van der Waals surface area contributed by atoms with Gasteiger partial charge in [0.2, 0.25) is 0 Å². The quantitative estimate of drug-likeness (QED) is 0.559. The molecule has 2 unspecified atom stereocenters. The molecule has 4 heteroatoms. The number of hydrogen-bond acceptors (Lipinski definition) is 4. The Morgan fingerprint density at radius 3 is 2.53 bits per heavy atom. The van der Waals surface area contributed by atoms with Crippen molar-refractivity contribution in [3.8, 4) is 0 Å². The Balaban J connectivity index is 2.24. The molecule has 0 spiro atoms. The van der Waals surface area contributed by atoms with E-state index in [1.165, 1.54) is 0 Å². The highest BCUT2D eigenvalue weighted by Gasteiger charge is 2.18. The summed E-state index contributed by atoms with van der Waals surface area (Å²) in [6.45, 7) is 2.24. The first kappa shape index (κ1) is 15.7. The first-order chi connectivity index (χ1) is 9.15. The number of carbonyl (C=O) groups excluding carboxylic acids is 1. The second kappa shape index (κ2) is 8.67. The third-order valence-corrected chi connectivity index (χ3v) is 2.89. The van der Waals surface area contributed by atoms with E-state index in [9.17, 15) is 15.0 Å². The molecule has 2 atom stereocenters. The molecule has 0 saturated heterocycles. The standard InChI is InChI=1S/C15H22O4/c1-2-7-13(16)10-6-11-19-15(18)14(17)12-8-4-3-5-9-12/h3-5,8-9,13-14,16-17H,2,6-7,10-11H2,1H3. The third-order valence-electron chi connectivity index (χ3n) is 2.89. The Labute approximate surface area is 114 Å². The molecule has 106 valence electrons. The average Bonchev–Trinajstić information content (AvgIpc) is 2.44. The van der Waals surface area contributed by atoms with E-state index < -0.39 is 12.1 Å². The Kier molecular flexibility index (Phi) is 7.15. The van der Waals surface area contributed by atoms with Crippen molar-refractivity contribution in [2.24, 2.45) is 0 Å². The largest absolute Gasteiger partial charge is 0.464 e. The minimum atomic E-state index is -1.23. The van der Waals surface area contributed by atoms with Crippen molar-refractivity contribution in [2.75, 3.05) is 6.61 Å². The second-order valence-corrected chi connectivity index (χ2v) is 4.57. The van der Waals surface area contributed by atoms with Crippen LogP contribution in [0.3, 0.4) is 0 Å². The van der Waals surface area contributed by atoms with E-state index in [2.05, 4.69) is 0 Å². The van der Waals surface area contributed by atoms with Crippen molar-refractivity contribution in [3.63, 3.8) is 0 Å². The highest BCUT2D eigenvalue weighted by atomic mass is 16.5. The lowest BCUT2D eigenvalue weighted by Crippen LogP contribution is -2.17. The summed E-state index contributed by atoms with van der Waals surface area (Å²) in [5.74, 6) is -0.642. The topological polar surface area (TPSA) is 66.8 Å². The summed E-state index contributed by atoms with van der Waals surface area (Å²) in [7, 11) is 0. The average molecular weight is 266 g/mol. The molecule has 0 aromatic heterocycles. The van der Waals surface area contributed by atoms with Gasteiger partial charge in [-0.15, -0.1) is 0 Å². The highest BCUT2D eigenvalue weighted by Crippen LogP contribution is 2.14. The maximum absolute atomic E-state index is 11.6. The lowest BCUT2D eigenvalue weighted by molar-refractivity contribution is -0.154. The number of aliphatic hydroxyl groups excluding tert-OH is 2. The summed E-state index contributed by atoms with van der Waals surface area (Å²) in [6.07, 6.45) is 1.36. The second-order valence-electron chi connectivity index (χ2n) is 4.57. The van der Waals surface area contributed by atoms with Gasteiger partial charge in [-0.2, -0.15) is 0 Å². The minimum Gasteiger partial charge on any atom is -0.464 e. The van der Waals surface area contributed by atoms with Crippen LogP contribution in [0.1, 0.15) is 44.3 Å². The molecule has 0 radical (unpaired) electrons. The van der Waals surface area contributed by atoms with E-state index in [4.69, 9.17) is 4.74 Å². The van der Waals surface area contributed by atoms with Crippen molar-refractivity contribution in [1.82, 2.24) is 0 Å². The van der Waals surface area contributed by atoms with E-state index in [0.717, 1.165) is 12.8 Å². The molecule has 0 heterocycles. The zero-order chi connectivity index (χ0) is 14.1. The molecule has 4 nitrogen and oxygen atoms in total. The lowest BCUT2D eigenvalue weighted by atomic mass is 10.1. The first-order valence-corrected chi connectivity index (χ1v) is 6.72. The minimum absolute atomic E-state index is 0.226. The SMILES string of the molecule is CCCC(O)CCCOC(=O)C(O)c1ccccc1. The van der Waals surface area contributed by atoms with Crippen molar-refractivity contribution >= 4 is 5.97 Å². The predicted octanol–water partition coefficient (Wildman–Crippen LogP) is 2.20. The van der Waals surface area contributed by atoms with Crippen LogP contribution in [0.2, 0.25) is 0 Å². The molecule has 0 aliphatic rings. The van der Waals surface area contributed by atoms with Crippen molar-refractivity contribution in [2.45, 2.75) is 44.8 Å². The number of carbonyl (C=O) groups is 1. The van der Waals surface area contributed by atoms with Crippen LogP contribution in [0.15, 0.2) is 30.3 Å². The predicted molar refractivity (Wildman–Crippen MR) is 72.5 cm³/mol. The van der Waals surface area contributed by atoms with Crippen LogP contribution < -0.4 is 0 Å². The zero-order valence-corrected chi connectivity index (χ0v) is 11.3. The summed E-state index contributed by atoms with van der Waals surface area (Å²) < 4.78 is 4.99. The maximum Gasteiger partial charge on any atom is 0.339 e. The molecule has 0 aliphatic heterocycles. The number of ether oxygens (including phenoxy) is 1.